The Morgan fingerprint density at radius 3 is 2.85 bits per heavy atom. The van der Waals surface area contributed by atoms with Crippen molar-refractivity contribution in [2.75, 3.05) is 6.79 Å². The zero-order chi connectivity index (χ0) is 14.1. The van der Waals surface area contributed by atoms with E-state index in [0.717, 1.165) is 11.1 Å². The normalized spacial score (nSPS) is 14.3. The molecule has 1 N–H and O–H groups in total. The number of aliphatic hydroxyl groups excluding tert-OH is 1. The van der Waals surface area contributed by atoms with Crippen LogP contribution in [0.5, 0.6) is 11.5 Å². The Labute approximate surface area is 122 Å². The molecule has 0 bridgehead atoms. The molecule has 2 aromatic rings. The minimum atomic E-state index is -0.622. The SMILES string of the molecule is Cc1ccccc1CC(O)c1cc(Cl)c2c(c1)OCO2. The molecule has 2 aromatic carbocycles. The van der Waals surface area contributed by atoms with E-state index in [1.54, 1.807) is 12.1 Å². The van der Waals surface area contributed by atoms with Crippen LogP contribution in [0.4, 0.5) is 0 Å². The molecule has 104 valence electrons. The highest BCUT2D eigenvalue weighted by Crippen LogP contribution is 2.41. The van der Waals surface area contributed by atoms with Gasteiger partial charge in [0.2, 0.25) is 6.79 Å². The number of rotatable bonds is 3. The van der Waals surface area contributed by atoms with Crippen LogP contribution in [0.2, 0.25) is 5.02 Å². The van der Waals surface area contributed by atoms with Crippen molar-refractivity contribution >= 4 is 11.6 Å². The number of hydrogen-bond acceptors (Lipinski definition) is 3. The first kappa shape index (κ1) is 13.3. The first-order chi connectivity index (χ1) is 9.65. The molecule has 0 aliphatic carbocycles. The lowest BCUT2D eigenvalue weighted by molar-refractivity contribution is 0.171. The molecule has 3 nitrogen and oxygen atoms in total. The van der Waals surface area contributed by atoms with Crippen LogP contribution in [0, 0.1) is 6.92 Å². The summed E-state index contributed by atoms with van der Waals surface area (Å²) in [5.41, 5.74) is 3.02. The van der Waals surface area contributed by atoms with E-state index in [9.17, 15) is 5.11 Å². The van der Waals surface area contributed by atoms with Crippen LogP contribution in [-0.2, 0) is 6.42 Å². The second-order valence-electron chi connectivity index (χ2n) is 4.88. The summed E-state index contributed by atoms with van der Waals surface area (Å²) in [6.07, 6.45) is -0.0778. The minimum absolute atomic E-state index is 0.173. The van der Waals surface area contributed by atoms with Crippen molar-refractivity contribution in [3.8, 4) is 11.5 Å². The van der Waals surface area contributed by atoms with Crippen molar-refractivity contribution in [1.29, 1.82) is 0 Å². The van der Waals surface area contributed by atoms with Gasteiger partial charge in [0.05, 0.1) is 11.1 Å². The van der Waals surface area contributed by atoms with Crippen LogP contribution in [0.15, 0.2) is 36.4 Å². The molecule has 20 heavy (non-hydrogen) atoms. The molecule has 0 amide bonds. The van der Waals surface area contributed by atoms with Gasteiger partial charge >= 0.3 is 0 Å². The molecule has 3 rings (SSSR count). The van der Waals surface area contributed by atoms with Gasteiger partial charge in [0, 0.05) is 6.42 Å². The molecular formula is C16H15ClO3. The first-order valence-corrected chi connectivity index (χ1v) is 6.84. The van der Waals surface area contributed by atoms with E-state index in [4.69, 9.17) is 21.1 Å². The summed E-state index contributed by atoms with van der Waals surface area (Å²) in [6.45, 7) is 2.21. The molecule has 0 saturated heterocycles. The molecule has 1 aliphatic rings. The molecule has 0 saturated carbocycles. The lowest BCUT2D eigenvalue weighted by atomic mass is 9.98. The highest BCUT2D eigenvalue weighted by Gasteiger charge is 2.21. The predicted molar refractivity (Wildman–Crippen MR) is 77.4 cm³/mol. The fourth-order valence-corrected chi connectivity index (χ4v) is 2.62. The second-order valence-corrected chi connectivity index (χ2v) is 5.29. The largest absolute Gasteiger partial charge is 0.454 e. The molecule has 1 heterocycles. The van der Waals surface area contributed by atoms with E-state index in [2.05, 4.69) is 0 Å². The Balaban J connectivity index is 1.86. The fraction of sp³-hybridized carbons (Fsp3) is 0.250. The van der Waals surface area contributed by atoms with Crippen molar-refractivity contribution < 1.29 is 14.6 Å². The van der Waals surface area contributed by atoms with E-state index in [0.29, 0.717) is 22.9 Å². The van der Waals surface area contributed by atoms with Crippen LogP contribution in [0.1, 0.15) is 22.8 Å². The number of ether oxygens (including phenoxy) is 2. The van der Waals surface area contributed by atoms with Crippen LogP contribution < -0.4 is 9.47 Å². The Kier molecular flexibility index (Phi) is 3.55. The Hall–Kier alpha value is -1.71. The standard InChI is InChI=1S/C16H15ClO3/c1-10-4-2-3-5-11(10)7-14(18)12-6-13(17)16-15(8-12)19-9-20-16/h2-6,8,14,18H,7,9H2,1H3. The maximum atomic E-state index is 10.4. The van der Waals surface area contributed by atoms with Gasteiger partial charge in [-0.05, 0) is 35.7 Å². The van der Waals surface area contributed by atoms with Crippen LogP contribution >= 0.6 is 11.6 Å². The topological polar surface area (TPSA) is 38.7 Å². The molecule has 1 atom stereocenters. The lowest BCUT2D eigenvalue weighted by Crippen LogP contribution is -2.03. The molecule has 0 spiro atoms. The summed E-state index contributed by atoms with van der Waals surface area (Å²) in [7, 11) is 0. The predicted octanol–water partition coefficient (Wildman–Crippen LogP) is 3.65. The number of halogens is 1. The van der Waals surface area contributed by atoms with Crippen molar-refractivity contribution in [2.24, 2.45) is 0 Å². The average Bonchev–Trinajstić information content (AvgIpc) is 2.90. The first-order valence-electron chi connectivity index (χ1n) is 6.47. The van der Waals surface area contributed by atoms with Gasteiger partial charge in [-0.2, -0.15) is 0 Å². The summed E-state index contributed by atoms with van der Waals surface area (Å²) in [6, 6.07) is 11.5. The van der Waals surface area contributed by atoms with Crippen LogP contribution in [0.25, 0.3) is 0 Å². The van der Waals surface area contributed by atoms with Gasteiger partial charge in [0.1, 0.15) is 0 Å². The maximum absolute atomic E-state index is 10.4. The van der Waals surface area contributed by atoms with E-state index in [1.165, 1.54) is 5.56 Å². The third-order valence-electron chi connectivity index (χ3n) is 3.51. The van der Waals surface area contributed by atoms with E-state index in [1.807, 2.05) is 31.2 Å². The zero-order valence-corrected chi connectivity index (χ0v) is 11.9. The lowest BCUT2D eigenvalue weighted by Gasteiger charge is -2.14. The molecule has 0 aromatic heterocycles. The third kappa shape index (κ3) is 2.47. The number of benzene rings is 2. The quantitative estimate of drug-likeness (QED) is 0.938. The van der Waals surface area contributed by atoms with Gasteiger partial charge in [0.25, 0.3) is 0 Å². The highest BCUT2D eigenvalue weighted by atomic mass is 35.5. The zero-order valence-electron chi connectivity index (χ0n) is 11.1. The molecule has 0 radical (unpaired) electrons. The highest BCUT2D eigenvalue weighted by molar-refractivity contribution is 6.32. The number of aryl methyl sites for hydroxylation is 1. The summed E-state index contributed by atoms with van der Waals surface area (Å²) in [5, 5.41) is 10.9. The number of hydrogen-bond donors (Lipinski definition) is 1. The summed E-state index contributed by atoms with van der Waals surface area (Å²) >= 11 is 6.14. The fourth-order valence-electron chi connectivity index (χ4n) is 2.34. The van der Waals surface area contributed by atoms with Gasteiger partial charge in [-0.1, -0.05) is 35.9 Å². The van der Waals surface area contributed by atoms with Crippen molar-refractivity contribution in [3.63, 3.8) is 0 Å². The smallest absolute Gasteiger partial charge is 0.231 e. The number of fused-ring (bicyclic) bond motifs is 1. The van der Waals surface area contributed by atoms with E-state index >= 15 is 0 Å². The summed E-state index contributed by atoms with van der Waals surface area (Å²) < 4.78 is 10.6. The monoisotopic (exact) mass is 290 g/mol. The van der Waals surface area contributed by atoms with Gasteiger partial charge in [0.15, 0.2) is 11.5 Å². The Morgan fingerprint density at radius 2 is 2.05 bits per heavy atom. The average molecular weight is 291 g/mol. The molecular weight excluding hydrogens is 276 g/mol. The van der Waals surface area contributed by atoms with E-state index in [-0.39, 0.29) is 6.79 Å². The number of aliphatic hydroxyl groups is 1. The van der Waals surface area contributed by atoms with Crippen LogP contribution in [0.3, 0.4) is 0 Å². The van der Waals surface area contributed by atoms with Gasteiger partial charge < -0.3 is 14.6 Å². The van der Waals surface area contributed by atoms with Gasteiger partial charge in [-0.25, -0.2) is 0 Å². The molecule has 1 aliphatic heterocycles. The van der Waals surface area contributed by atoms with Crippen LogP contribution in [-0.4, -0.2) is 11.9 Å². The minimum Gasteiger partial charge on any atom is -0.454 e. The van der Waals surface area contributed by atoms with E-state index < -0.39 is 6.10 Å². The van der Waals surface area contributed by atoms with Gasteiger partial charge in [-0.3, -0.25) is 0 Å². The van der Waals surface area contributed by atoms with Crippen molar-refractivity contribution in [3.05, 3.63) is 58.1 Å². The third-order valence-corrected chi connectivity index (χ3v) is 3.79. The maximum Gasteiger partial charge on any atom is 0.231 e. The van der Waals surface area contributed by atoms with Gasteiger partial charge in [-0.15, -0.1) is 0 Å². The molecule has 1 unspecified atom stereocenters. The summed E-state index contributed by atoms with van der Waals surface area (Å²) in [4.78, 5) is 0. The molecule has 0 fully saturated rings. The molecule has 4 heteroatoms. The van der Waals surface area contributed by atoms with Crippen molar-refractivity contribution in [1.82, 2.24) is 0 Å². The Morgan fingerprint density at radius 1 is 1.25 bits per heavy atom. The Bertz CT molecular complexity index is 640. The second kappa shape index (κ2) is 5.35. The van der Waals surface area contributed by atoms with Crippen molar-refractivity contribution in [2.45, 2.75) is 19.4 Å². The summed E-state index contributed by atoms with van der Waals surface area (Å²) in [5.74, 6) is 1.15.